The first-order valence-corrected chi connectivity index (χ1v) is 6.90. The lowest BCUT2D eigenvalue weighted by Crippen LogP contribution is -2.37. The monoisotopic (exact) mass is 241 g/mol. The van der Waals surface area contributed by atoms with E-state index in [0.717, 1.165) is 37.9 Å². The van der Waals surface area contributed by atoms with Gasteiger partial charge in [0.15, 0.2) is 0 Å². The molecule has 2 aliphatic rings. The third-order valence-electron chi connectivity index (χ3n) is 3.98. The Bertz CT molecular complexity index is 490. The molecule has 2 nitrogen and oxygen atoms in total. The molecule has 0 radical (unpaired) electrons. The summed E-state index contributed by atoms with van der Waals surface area (Å²) in [6, 6.07) is 8.47. The van der Waals surface area contributed by atoms with Gasteiger partial charge in [0.05, 0.1) is 0 Å². The molecule has 0 saturated carbocycles. The Balaban J connectivity index is 1.75. The molecule has 1 aliphatic heterocycles. The van der Waals surface area contributed by atoms with Crippen molar-refractivity contribution in [2.75, 3.05) is 6.54 Å². The van der Waals surface area contributed by atoms with E-state index < -0.39 is 0 Å². The molecule has 0 fully saturated rings. The van der Waals surface area contributed by atoms with Crippen LogP contribution in [0, 0.1) is 0 Å². The maximum Gasteiger partial charge on any atom is 0.249 e. The molecule has 18 heavy (non-hydrogen) atoms. The number of hydrogen-bond acceptors (Lipinski definition) is 1. The summed E-state index contributed by atoms with van der Waals surface area (Å²) >= 11 is 0. The molecule has 94 valence electrons. The fraction of sp³-hybridized carbons (Fsp3) is 0.438. The second-order valence-corrected chi connectivity index (χ2v) is 5.22. The predicted molar refractivity (Wildman–Crippen MR) is 72.1 cm³/mol. The van der Waals surface area contributed by atoms with Crippen LogP contribution in [0.1, 0.15) is 36.8 Å². The van der Waals surface area contributed by atoms with Crippen molar-refractivity contribution in [2.24, 2.45) is 0 Å². The SMILES string of the molecule is O=C(C1=CCCCC1)N1CCc2ccccc2C1. The first kappa shape index (κ1) is 11.5. The van der Waals surface area contributed by atoms with E-state index in [4.69, 9.17) is 0 Å². The Labute approximate surface area is 108 Å². The van der Waals surface area contributed by atoms with Crippen LogP contribution in [-0.4, -0.2) is 17.4 Å². The Morgan fingerprint density at radius 3 is 2.67 bits per heavy atom. The van der Waals surface area contributed by atoms with Gasteiger partial charge in [-0.3, -0.25) is 4.79 Å². The molecule has 0 unspecified atom stereocenters. The number of fused-ring (bicyclic) bond motifs is 1. The normalized spacial score (nSPS) is 19.1. The van der Waals surface area contributed by atoms with Crippen LogP contribution < -0.4 is 0 Å². The summed E-state index contributed by atoms with van der Waals surface area (Å²) in [7, 11) is 0. The Kier molecular flexibility index (Phi) is 3.18. The molecule has 0 bridgehead atoms. The lowest BCUT2D eigenvalue weighted by atomic mass is 9.96. The molecule has 3 rings (SSSR count). The summed E-state index contributed by atoms with van der Waals surface area (Å²) in [4.78, 5) is 14.4. The highest BCUT2D eigenvalue weighted by Crippen LogP contribution is 2.23. The summed E-state index contributed by atoms with van der Waals surface area (Å²) in [5, 5.41) is 0. The summed E-state index contributed by atoms with van der Waals surface area (Å²) in [6.45, 7) is 1.65. The second kappa shape index (κ2) is 4.97. The average molecular weight is 241 g/mol. The lowest BCUT2D eigenvalue weighted by Gasteiger charge is -2.30. The van der Waals surface area contributed by atoms with E-state index >= 15 is 0 Å². The van der Waals surface area contributed by atoms with Gasteiger partial charge in [-0.25, -0.2) is 0 Å². The van der Waals surface area contributed by atoms with E-state index in [0.29, 0.717) is 0 Å². The highest BCUT2D eigenvalue weighted by atomic mass is 16.2. The molecular formula is C16H19NO. The fourth-order valence-electron chi connectivity index (χ4n) is 2.90. The highest BCUT2D eigenvalue weighted by molar-refractivity contribution is 5.93. The molecule has 0 spiro atoms. The molecule has 0 aromatic heterocycles. The number of benzene rings is 1. The first-order valence-electron chi connectivity index (χ1n) is 6.90. The molecule has 1 heterocycles. The van der Waals surface area contributed by atoms with Crippen molar-refractivity contribution >= 4 is 5.91 Å². The number of hydrogen-bond donors (Lipinski definition) is 0. The van der Waals surface area contributed by atoms with Crippen molar-refractivity contribution in [1.29, 1.82) is 0 Å². The maximum atomic E-state index is 12.4. The smallest absolute Gasteiger partial charge is 0.249 e. The van der Waals surface area contributed by atoms with Crippen molar-refractivity contribution < 1.29 is 4.79 Å². The Morgan fingerprint density at radius 2 is 1.89 bits per heavy atom. The number of carbonyl (C=O) groups is 1. The average Bonchev–Trinajstić information content (AvgIpc) is 2.47. The van der Waals surface area contributed by atoms with Gasteiger partial charge in [-0.05, 0) is 43.2 Å². The lowest BCUT2D eigenvalue weighted by molar-refractivity contribution is -0.128. The van der Waals surface area contributed by atoms with Crippen molar-refractivity contribution in [3.8, 4) is 0 Å². The summed E-state index contributed by atoms with van der Waals surface area (Å²) in [5.74, 6) is 0.268. The number of rotatable bonds is 1. The second-order valence-electron chi connectivity index (χ2n) is 5.22. The molecular weight excluding hydrogens is 222 g/mol. The minimum Gasteiger partial charge on any atom is -0.334 e. The van der Waals surface area contributed by atoms with E-state index in [-0.39, 0.29) is 5.91 Å². The molecule has 1 aliphatic carbocycles. The number of carbonyl (C=O) groups excluding carboxylic acids is 1. The van der Waals surface area contributed by atoms with Gasteiger partial charge in [0.1, 0.15) is 0 Å². The van der Waals surface area contributed by atoms with Crippen LogP contribution >= 0.6 is 0 Å². The number of allylic oxidation sites excluding steroid dienone is 1. The molecule has 1 amide bonds. The minimum absolute atomic E-state index is 0.268. The Hall–Kier alpha value is -1.57. The van der Waals surface area contributed by atoms with Crippen molar-refractivity contribution in [1.82, 2.24) is 4.90 Å². The van der Waals surface area contributed by atoms with Crippen LogP contribution in [0.5, 0.6) is 0 Å². The van der Waals surface area contributed by atoms with Gasteiger partial charge < -0.3 is 4.90 Å². The highest BCUT2D eigenvalue weighted by Gasteiger charge is 2.23. The molecule has 0 N–H and O–H groups in total. The van der Waals surface area contributed by atoms with E-state index in [1.165, 1.54) is 24.0 Å². The van der Waals surface area contributed by atoms with E-state index in [1.807, 2.05) is 4.90 Å². The van der Waals surface area contributed by atoms with Crippen molar-refractivity contribution in [3.63, 3.8) is 0 Å². The largest absolute Gasteiger partial charge is 0.334 e. The zero-order chi connectivity index (χ0) is 12.4. The number of nitrogens with zero attached hydrogens (tertiary/aromatic N) is 1. The molecule has 1 aromatic carbocycles. The number of amides is 1. The predicted octanol–water partition coefficient (Wildman–Crippen LogP) is 3.07. The van der Waals surface area contributed by atoms with Gasteiger partial charge in [-0.15, -0.1) is 0 Å². The van der Waals surface area contributed by atoms with Crippen LogP contribution in [0.25, 0.3) is 0 Å². The summed E-state index contributed by atoms with van der Waals surface area (Å²) in [6.07, 6.45) is 7.59. The first-order chi connectivity index (χ1) is 8.84. The third kappa shape index (κ3) is 2.20. The van der Waals surface area contributed by atoms with E-state index in [9.17, 15) is 4.79 Å². The van der Waals surface area contributed by atoms with Gasteiger partial charge >= 0.3 is 0 Å². The topological polar surface area (TPSA) is 20.3 Å². The van der Waals surface area contributed by atoms with Crippen LogP contribution in [0.2, 0.25) is 0 Å². The quantitative estimate of drug-likeness (QED) is 0.740. The van der Waals surface area contributed by atoms with Gasteiger partial charge in [-0.1, -0.05) is 30.3 Å². The molecule has 2 heteroatoms. The van der Waals surface area contributed by atoms with Crippen LogP contribution in [0.3, 0.4) is 0 Å². The summed E-state index contributed by atoms with van der Waals surface area (Å²) in [5.41, 5.74) is 3.76. The van der Waals surface area contributed by atoms with Gasteiger partial charge in [-0.2, -0.15) is 0 Å². The van der Waals surface area contributed by atoms with Gasteiger partial charge in [0.2, 0.25) is 5.91 Å². The van der Waals surface area contributed by atoms with Crippen molar-refractivity contribution in [2.45, 2.75) is 38.6 Å². The van der Waals surface area contributed by atoms with Gasteiger partial charge in [0.25, 0.3) is 0 Å². The molecule has 0 saturated heterocycles. The standard InChI is InChI=1S/C16H19NO/c18-16(14-7-2-1-3-8-14)17-11-10-13-6-4-5-9-15(13)12-17/h4-7,9H,1-3,8,10-12H2. The van der Waals surface area contributed by atoms with Gasteiger partial charge in [0, 0.05) is 18.7 Å². The zero-order valence-corrected chi connectivity index (χ0v) is 10.7. The van der Waals surface area contributed by atoms with Crippen LogP contribution in [0.4, 0.5) is 0 Å². The fourth-order valence-corrected chi connectivity index (χ4v) is 2.90. The Morgan fingerprint density at radius 1 is 1.06 bits per heavy atom. The maximum absolute atomic E-state index is 12.4. The zero-order valence-electron chi connectivity index (χ0n) is 10.7. The van der Waals surface area contributed by atoms with E-state index in [2.05, 4.69) is 30.3 Å². The minimum atomic E-state index is 0.268. The van der Waals surface area contributed by atoms with Crippen molar-refractivity contribution in [3.05, 3.63) is 47.0 Å². The third-order valence-corrected chi connectivity index (χ3v) is 3.98. The molecule has 0 atom stereocenters. The van der Waals surface area contributed by atoms with Crippen LogP contribution in [-0.2, 0) is 17.8 Å². The molecule has 1 aromatic rings. The van der Waals surface area contributed by atoms with E-state index in [1.54, 1.807) is 0 Å². The van der Waals surface area contributed by atoms with Crippen LogP contribution in [0.15, 0.2) is 35.9 Å². The summed E-state index contributed by atoms with van der Waals surface area (Å²) < 4.78 is 0.